The van der Waals surface area contributed by atoms with Gasteiger partial charge in [0.25, 0.3) is 5.56 Å². The predicted octanol–water partition coefficient (Wildman–Crippen LogP) is 4.28. The van der Waals surface area contributed by atoms with Crippen molar-refractivity contribution < 1.29 is 0 Å². The van der Waals surface area contributed by atoms with Gasteiger partial charge in [0.05, 0.1) is 16.6 Å². The zero-order valence-corrected chi connectivity index (χ0v) is 14.8. The fourth-order valence-electron chi connectivity index (χ4n) is 2.78. The van der Waals surface area contributed by atoms with Crippen LogP contribution in [0.1, 0.15) is 32.3 Å². The van der Waals surface area contributed by atoms with E-state index in [1.165, 1.54) is 0 Å². The molecule has 2 aromatic carbocycles. The second-order valence-corrected chi connectivity index (χ2v) is 6.14. The number of anilines is 1. The molecule has 3 rings (SSSR count). The number of para-hydroxylation sites is 1. The van der Waals surface area contributed by atoms with Gasteiger partial charge in [0.1, 0.15) is 0 Å². The van der Waals surface area contributed by atoms with E-state index < -0.39 is 0 Å². The van der Waals surface area contributed by atoms with Crippen LogP contribution in [-0.4, -0.2) is 15.3 Å². The van der Waals surface area contributed by atoms with E-state index in [1.807, 2.05) is 56.3 Å². The van der Waals surface area contributed by atoms with Gasteiger partial charge in [0, 0.05) is 5.71 Å². The van der Waals surface area contributed by atoms with Gasteiger partial charge in [-0.25, -0.2) is 15.0 Å². The van der Waals surface area contributed by atoms with Crippen LogP contribution < -0.4 is 11.0 Å². The molecule has 0 radical (unpaired) electrons. The summed E-state index contributed by atoms with van der Waals surface area (Å²) in [4.78, 5) is 17.7. The van der Waals surface area contributed by atoms with E-state index in [0.717, 1.165) is 29.8 Å². The first-order chi connectivity index (χ1) is 12.1. The molecular weight excluding hydrogens is 312 g/mol. The molecule has 0 saturated carbocycles. The summed E-state index contributed by atoms with van der Waals surface area (Å²) in [5.41, 5.74) is 6.36. The predicted molar refractivity (Wildman–Crippen MR) is 104 cm³/mol. The standard InChI is InChI=1S/C20H22N4O/c1-4-8-15(3)22-23-20-21-18-12-6-5-11-17(18)19(25)24(20)16-10-7-9-14(2)13-16/h5-7,9-13H,4,8H2,1-3H3,(H,21,23)/b22-15+. The van der Waals surface area contributed by atoms with Crippen molar-refractivity contribution in [2.75, 3.05) is 5.43 Å². The van der Waals surface area contributed by atoms with Gasteiger partial charge in [-0.05, 0) is 50.1 Å². The molecule has 5 heteroatoms. The third-order valence-electron chi connectivity index (χ3n) is 3.99. The van der Waals surface area contributed by atoms with Gasteiger partial charge in [-0.15, -0.1) is 0 Å². The lowest BCUT2D eigenvalue weighted by atomic mass is 10.2. The first-order valence-corrected chi connectivity index (χ1v) is 8.48. The molecule has 0 saturated heterocycles. The van der Waals surface area contributed by atoms with Crippen molar-refractivity contribution in [3.8, 4) is 5.69 Å². The summed E-state index contributed by atoms with van der Waals surface area (Å²) in [6, 6.07) is 15.2. The minimum atomic E-state index is -0.109. The summed E-state index contributed by atoms with van der Waals surface area (Å²) < 4.78 is 1.58. The fraction of sp³-hybridized carbons (Fsp3) is 0.250. The minimum absolute atomic E-state index is 0.109. The summed E-state index contributed by atoms with van der Waals surface area (Å²) in [5, 5.41) is 4.97. The number of hydrazone groups is 1. The van der Waals surface area contributed by atoms with E-state index >= 15 is 0 Å². The summed E-state index contributed by atoms with van der Waals surface area (Å²) in [5.74, 6) is 0.421. The van der Waals surface area contributed by atoms with Gasteiger partial charge in [-0.3, -0.25) is 4.79 Å². The molecule has 1 N–H and O–H groups in total. The van der Waals surface area contributed by atoms with Gasteiger partial charge >= 0.3 is 0 Å². The maximum Gasteiger partial charge on any atom is 0.267 e. The maximum atomic E-state index is 13.1. The number of aromatic nitrogens is 2. The SMILES string of the molecule is CCC/C(C)=N/Nc1nc2ccccc2c(=O)n1-c1cccc(C)c1. The smallest absolute Gasteiger partial charge is 0.267 e. The first-order valence-electron chi connectivity index (χ1n) is 8.48. The Morgan fingerprint density at radius 3 is 2.76 bits per heavy atom. The van der Waals surface area contributed by atoms with E-state index in [9.17, 15) is 4.79 Å². The molecule has 0 fully saturated rings. The molecule has 128 valence electrons. The number of aryl methyl sites for hydroxylation is 1. The van der Waals surface area contributed by atoms with Crippen molar-refractivity contribution in [1.82, 2.24) is 9.55 Å². The van der Waals surface area contributed by atoms with Crippen LogP contribution in [0.3, 0.4) is 0 Å². The Bertz CT molecular complexity index is 988. The third kappa shape index (κ3) is 3.60. The van der Waals surface area contributed by atoms with Gasteiger partial charge in [0.2, 0.25) is 5.95 Å². The van der Waals surface area contributed by atoms with Crippen molar-refractivity contribution >= 4 is 22.6 Å². The van der Waals surface area contributed by atoms with E-state index in [0.29, 0.717) is 16.9 Å². The molecule has 0 amide bonds. The normalized spacial score (nSPS) is 11.7. The van der Waals surface area contributed by atoms with Crippen molar-refractivity contribution in [3.05, 3.63) is 64.4 Å². The number of fused-ring (bicyclic) bond motifs is 1. The second-order valence-electron chi connectivity index (χ2n) is 6.14. The van der Waals surface area contributed by atoms with Gasteiger partial charge < -0.3 is 0 Å². The quantitative estimate of drug-likeness (QED) is 0.559. The highest BCUT2D eigenvalue weighted by molar-refractivity contribution is 5.83. The van der Waals surface area contributed by atoms with Crippen LogP contribution in [0.25, 0.3) is 16.6 Å². The molecular formula is C20H22N4O. The number of hydrogen-bond acceptors (Lipinski definition) is 4. The number of benzene rings is 2. The van der Waals surface area contributed by atoms with Crippen molar-refractivity contribution in [2.45, 2.75) is 33.6 Å². The topological polar surface area (TPSA) is 59.3 Å². The summed E-state index contributed by atoms with van der Waals surface area (Å²) in [7, 11) is 0. The maximum absolute atomic E-state index is 13.1. The van der Waals surface area contributed by atoms with Crippen LogP contribution in [0, 0.1) is 6.92 Å². The number of nitrogens with zero attached hydrogens (tertiary/aromatic N) is 3. The molecule has 5 nitrogen and oxygen atoms in total. The van der Waals surface area contributed by atoms with Crippen molar-refractivity contribution in [1.29, 1.82) is 0 Å². The minimum Gasteiger partial charge on any atom is -0.268 e. The Morgan fingerprint density at radius 1 is 1.20 bits per heavy atom. The van der Waals surface area contributed by atoms with E-state index in [-0.39, 0.29) is 5.56 Å². The molecule has 0 aliphatic carbocycles. The Balaban J connectivity index is 2.21. The Hall–Kier alpha value is -2.95. The van der Waals surface area contributed by atoms with Crippen LogP contribution in [-0.2, 0) is 0 Å². The highest BCUT2D eigenvalue weighted by Gasteiger charge is 2.12. The number of rotatable bonds is 5. The first kappa shape index (κ1) is 16.9. The van der Waals surface area contributed by atoms with Gasteiger partial charge in [0.15, 0.2) is 0 Å². The molecule has 0 aliphatic rings. The molecule has 0 spiro atoms. The molecule has 1 heterocycles. The Morgan fingerprint density at radius 2 is 2.00 bits per heavy atom. The van der Waals surface area contributed by atoms with E-state index in [1.54, 1.807) is 10.6 Å². The van der Waals surface area contributed by atoms with Crippen molar-refractivity contribution in [3.63, 3.8) is 0 Å². The lowest BCUT2D eigenvalue weighted by Crippen LogP contribution is -2.23. The van der Waals surface area contributed by atoms with Crippen LogP contribution >= 0.6 is 0 Å². The lowest BCUT2D eigenvalue weighted by Gasteiger charge is -2.13. The number of nitrogens with one attached hydrogen (secondary N) is 1. The zero-order valence-electron chi connectivity index (χ0n) is 14.8. The van der Waals surface area contributed by atoms with Crippen LogP contribution in [0.2, 0.25) is 0 Å². The molecule has 0 aliphatic heterocycles. The third-order valence-corrected chi connectivity index (χ3v) is 3.99. The highest BCUT2D eigenvalue weighted by Crippen LogP contribution is 2.17. The second kappa shape index (κ2) is 7.30. The summed E-state index contributed by atoms with van der Waals surface area (Å²) in [6.45, 7) is 6.07. The summed E-state index contributed by atoms with van der Waals surface area (Å²) in [6.07, 6.45) is 1.92. The Labute approximate surface area is 147 Å². The molecule has 0 bridgehead atoms. The molecule has 3 aromatic rings. The van der Waals surface area contributed by atoms with Crippen LogP contribution in [0.15, 0.2) is 58.4 Å². The van der Waals surface area contributed by atoms with Gasteiger partial charge in [-0.2, -0.15) is 5.10 Å². The highest BCUT2D eigenvalue weighted by atomic mass is 16.1. The van der Waals surface area contributed by atoms with Crippen LogP contribution in [0.5, 0.6) is 0 Å². The molecule has 0 atom stereocenters. The average Bonchev–Trinajstić information content (AvgIpc) is 2.60. The number of hydrogen-bond donors (Lipinski definition) is 1. The van der Waals surface area contributed by atoms with Crippen molar-refractivity contribution in [2.24, 2.45) is 5.10 Å². The molecule has 1 aromatic heterocycles. The fourth-order valence-corrected chi connectivity index (χ4v) is 2.78. The van der Waals surface area contributed by atoms with E-state index in [2.05, 4.69) is 22.4 Å². The Kier molecular flexibility index (Phi) is 4.93. The largest absolute Gasteiger partial charge is 0.268 e. The zero-order chi connectivity index (χ0) is 17.8. The van der Waals surface area contributed by atoms with Crippen LogP contribution in [0.4, 0.5) is 5.95 Å². The van der Waals surface area contributed by atoms with E-state index in [4.69, 9.17) is 0 Å². The monoisotopic (exact) mass is 334 g/mol. The lowest BCUT2D eigenvalue weighted by molar-refractivity contribution is 0.943. The molecule has 25 heavy (non-hydrogen) atoms. The average molecular weight is 334 g/mol. The molecule has 0 unspecified atom stereocenters. The van der Waals surface area contributed by atoms with Gasteiger partial charge in [-0.1, -0.05) is 37.6 Å². The summed E-state index contributed by atoms with van der Waals surface area (Å²) >= 11 is 0.